The molecule has 2 aromatic heterocycles. The summed E-state index contributed by atoms with van der Waals surface area (Å²) in [5, 5.41) is 19.3. The third kappa shape index (κ3) is 8.38. The van der Waals surface area contributed by atoms with Crippen LogP contribution in [0.2, 0.25) is 0 Å². The van der Waals surface area contributed by atoms with E-state index in [-0.39, 0.29) is 11.0 Å². The minimum Gasteiger partial charge on any atom is -0.460 e. The van der Waals surface area contributed by atoms with Crippen molar-refractivity contribution in [2.45, 2.75) is 74.6 Å². The van der Waals surface area contributed by atoms with E-state index in [1.165, 1.54) is 17.8 Å². The van der Waals surface area contributed by atoms with Gasteiger partial charge in [0.2, 0.25) is 0 Å². The van der Waals surface area contributed by atoms with Crippen LogP contribution in [-0.2, 0) is 25.7 Å². The quantitative estimate of drug-likeness (QED) is 0.228. The number of aromatic nitrogens is 4. The second-order valence-electron chi connectivity index (χ2n) is 12.3. The Labute approximate surface area is 270 Å². The van der Waals surface area contributed by atoms with Crippen LogP contribution in [0.1, 0.15) is 42.5 Å². The summed E-state index contributed by atoms with van der Waals surface area (Å²) in [5.41, 5.74) is 2.59. The van der Waals surface area contributed by atoms with Gasteiger partial charge in [-0.2, -0.15) is 18.3 Å². The zero-order valence-electron chi connectivity index (χ0n) is 25.8. The van der Waals surface area contributed by atoms with Crippen molar-refractivity contribution in [2.24, 2.45) is 0 Å². The van der Waals surface area contributed by atoms with Gasteiger partial charge in [0, 0.05) is 98.6 Å². The Kier molecular flexibility index (Phi) is 10.8. The molecule has 1 aromatic carbocycles. The Bertz CT molecular complexity index is 1430. The van der Waals surface area contributed by atoms with Crippen LogP contribution in [0.25, 0.3) is 11.3 Å². The van der Waals surface area contributed by atoms with Gasteiger partial charge in [-0.3, -0.25) is 4.68 Å². The topological polar surface area (TPSA) is 91.6 Å². The SMILES string of the molecule is OC(CN1CCC(Oc2ncccn2)CC1)Cn1nc(-c2ccc(C(F)(F)F)c(SCCN3CCC(F)CC3)c2)c2c1CCNC2. The van der Waals surface area contributed by atoms with Crippen LogP contribution in [0.5, 0.6) is 6.01 Å². The van der Waals surface area contributed by atoms with Crippen LogP contribution < -0.4 is 10.1 Å². The van der Waals surface area contributed by atoms with E-state index in [4.69, 9.17) is 9.84 Å². The molecule has 0 aliphatic carbocycles. The largest absolute Gasteiger partial charge is 0.460 e. The van der Waals surface area contributed by atoms with Crippen LogP contribution in [0.4, 0.5) is 17.6 Å². The molecule has 6 rings (SSSR count). The van der Waals surface area contributed by atoms with Crippen LogP contribution in [0, 0.1) is 0 Å². The van der Waals surface area contributed by atoms with E-state index in [0.29, 0.717) is 75.1 Å². The fraction of sp³-hybridized carbons (Fsp3) is 0.594. The number of alkyl halides is 4. The Hall–Kier alpha value is -2.78. The number of fused-ring (bicyclic) bond motifs is 1. The van der Waals surface area contributed by atoms with Crippen LogP contribution >= 0.6 is 11.8 Å². The van der Waals surface area contributed by atoms with Gasteiger partial charge < -0.3 is 25.0 Å². The molecule has 0 spiro atoms. The minimum atomic E-state index is -4.48. The van der Waals surface area contributed by atoms with Gasteiger partial charge in [0.1, 0.15) is 12.3 Å². The van der Waals surface area contributed by atoms with Crippen molar-refractivity contribution in [3.63, 3.8) is 0 Å². The number of ether oxygens (including phenoxy) is 1. The van der Waals surface area contributed by atoms with Crippen molar-refractivity contribution in [3.8, 4) is 17.3 Å². The van der Waals surface area contributed by atoms with Crippen LogP contribution in [0.15, 0.2) is 41.6 Å². The van der Waals surface area contributed by atoms with Gasteiger partial charge in [-0.15, -0.1) is 11.8 Å². The van der Waals surface area contributed by atoms with Gasteiger partial charge in [-0.05, 0) is 43.9 Å². The molecule has 2 fully saturated rings. The second kappa shape index (κ2) is 15.0. The number of thioether (sulfide) groups is 1. The fourth-order valence-electron chi connectivity index (χ4n) is 6.50. The molecule has 9 nitrogen and oxygen atoms in total. The third-order valence-electron chi connectivity index (χ3n) is 8.95. The number of hydrogen-bond acceptors (Lipinski definition) is 9. The van der Waals surface area contributed by atoms with E-state index in [9.17, 15) is 22.7 Å². The standard InChI is InChI=1S/C32H41F4N7O2S/c33-23-5-12-41(13-6-23)16-17-46-29-18-22(2-3-27(29)32(34,35)36)30-26-19-37-11-4-28(26)43(40-30)21-24(44)20-42-14-7-25(8-15-42)45-31-38-9-1-10-39-31/h1-3,9-10,18,23-25,37,44H,4-8,11-17,19-21H2. The molecule has 14 heteroatoms. The summed E-state index contributed by atoms with van der Waals surface area (Å²) in [6.45, 7) is 5.54. The molecule has 0 bridgehead atoms. The monoisotopic (exact) mass is 663 g/mol. The highest BCUT2D eigenvalue weighted by molar-refractivity contribution is 7.99. The number of halogens is 4. The lowest BCUT2D eigenvalue weighted by molar-refractivity contribution is -0.139. The lowest BCUT2D eigenvalue weighted by Gasteiger charge is -2.32. The first-order valence-corrected chi connectivity index (χ1v) is 17.1. The van der Waals surface area contributed by atoms with Gasteiger partial charge in [0.05, 0.1) is 23.9 Å². The van der Waals surface area contributed by atoms with Crippen molar-refractivity contribution in [1.29, 1.82) is 0 Å². The number of β-amino-alcohol motifs (C(OH)–C–C–N with tert-alkyl or cyclic N) is 1. The highest BCUT2D eigenvalue weighted by atomic mass is 32.2. The molecule has 3 aliphatic rings. The zero-order valence-corrected chi connectivity index (χ0v) is 26.6. The molecule has 0 saturated carbocycles. The lowest BCUT2D eigenvalue weighted by atomic mass is 10.0. The molecule has 0 radical (unpaired) electrons. The molecule has 3 aromatic rings. The minimum absolute atomic E-state index is 0.0321. The van der Waals surface area contributed by atoms with Crippen LogP contribution in [-0.4, -0.2) is 105 Å². The number of hydrogen-bond donors (Lipinski definition) is 2. The van der Waals surface area contributed by atoms with Crippen molar-refractivity contribution in [1.82, 2.24) is 34.9 Å². The molecule has 0 amide bonds. The summed E-state index contributed by atoms with van der Waals surface area (Å²) < 4.78 is 63.2. The van der Waals surface area contributed by atoms with E-state index in [1.54, 1.807) is 24.5 Å². The predicted octanol–water partition coefficient (Wildman–Crippen LogP) is 4.43. The van der Waals surface area contributed by atoms with E-state index in [0.717, 1.165) is 56.2 Å². The molecule has 2 N–H and O–H groups in total. The normalized spacial score (nSPS) is 19.7. The molecule has 5 heterocycles. The number of rotatable bonds is 11. The Morgan fingerprint density at radius 1 is 1.02 bits per heavy atom. The molecule has 46 heavy (non-hydrogen) atoms. The molecular weight excluding hydrogens is 622 g/mol. The van der Waals surface area contributed by atoms with Crippen molar-refractivity contribution < 1.29 is 27.4 Å². The number of aliphatic hydroxyl groups excluding tert-OH is 1. The summed E-state index contributed by atoms with van der Waals surface area (Å²) in [6, 6.07) is 6.38. The Morgan fingerprint density at radius 3 is 2.50 bits per heavy atom. The molecule has 250 valence electrons. The molecule has 1 atom stereocenters. The van der Waals surface area contributed by atoms with E-state index < -0.39 is 24.0 Å². The predicted molar refractivity (Wildman–Crippen MR) is 167 cm³/mol. The zero-order chi connectivity index (χ0) is 32.1. The summed E-state index contributed by atoms with van der Waals surface area (Å²) in [4.78, 5) is 12.8. The smallest absolute Gasteiger partial charge is 0.417 e. The number of nitrogens with one attached hydrogen (secondary N) is 1. The number of nitrogens with zero attached hydrogens (tertiary/aromatic N) is 6. The van der Waals surface area contributed by atoms with Crippen molar-refractivity contribution in [2.75, 3.05) is 51.6 Å². The molecule has 1 unspecified atom stereocenters. The van der Waals surface area contributed by atoms with Gasteiger partial charge in [-0.1, -0.05) is 6.07 Å². The third-order valence-corrected chi connectivity index (χ3v) is 9.99. The summed E-state index contributed by atoms with van der Waals surface area (Å²) in [7, 11) is 0. The highest BCUT2D eigenvalue weighted by Crippen LogP contribution is 2.40. The van der Waals surface area contributed by atoms with Gasteiger partial charge >= 0.3 is 12.2 Å². The maximum absolute atomic E-state index is 14.0. The summed E-state index contributed by atoms with van der Waals surface area (Å²) >= 11 is 1.18. The first-order valence-electron chi connectivity index (χ1n) is 16.1. The van der Waals surface area contributed by atoms with Gasteiger partial charge in [0.25, 0.3) is 0 Å². The molecular formula is C32H41F4N7O2S. The van der Waals surface area contributed by atoms with Crippen molar-refractivity contribution in [3.05, 3.63) is 53.5 Å². The maximum Gasteiger partial charge on any atom is 0.417 e. The summed E-state index contributed by atoms with van der Waals surface area (Å²) in [6.07, 6.45) is 0.696. The van der Waals surface area contributed by atoms with Crippen molar-refractivity contribution >= 4 is 11.8 Å². The second-order valence-corrected chi connectivity index (χ2v) is 13.4. The average Bonchev–Trinajstić information content (AvgIpc) is 3.41. The number of aliphatic hydroxyl groups is 1. The maximum atomic E-state index is 14.0. The fourth-order valence-corrected chi connectivity index (χ4v) is 7.62. The summed E-state index contributed by atoms with van der Waals surface area (Å²) in [5.74, 6) is 0.479. The van der Waals surface area contributed by atoms with Crippen LogP contribution in [0.3, 0.4) is 0 Å². The Balaban J connectivity index is 1.12. The highest BCUT2D eigenvalue weighted by Gasteiger charge is 2.34. The Morgan fingerprint density at radius 2 is 1.76 bits per heavy atom. The number of likely N-dealkylation sites (tertiary alicyclic amines) is 2. The first-order chi connectivity index (χ1) is 22.2. The first kappa shape index (κ1) is 33.1. The molecule has 3 aliphatic heterocycles. The number of piperidine rings is 2. The van der Waals surface area contributed by atoms with Gasteiger partial charge in [0.15, 0.2) is 0 Å². The van der Waals surface area contributed by atoms with E-state index in [1.807, 2.05) is 4.68 Å². The average molecular weight is 664 g/mol. The molecule has 2 saturated heterocycles. The number of benzene rings is 1. The lowest BCUT2D eigenvalue weighted by Crippen LogP contribution is -2.43. The van der Waals surface area contributed by atoms with E-state index >= 15 is 0 Å². The van der Waals surface area contributed by atoms with Gasteiger partial charge in [-0.25, -0.2) is 14.4 Å². The van der Waals surface area contributed by atoms with E-state index in [2.05, 4.69) is 25.1 Å².